The number of hydrogen-bond acceptors (Lipinski definition) is 4. The van der Waals surface area contributed by atoms with Crippen LogP contribution in [0.5, 0.6) is 0 Å². The molecule has 4 nitrogen and oxygen atoms in total. The molecule has 16 heavy (non-hydrogen) atoms. The number of carbonyl (C=O) groups excluding carboxylic acids is 1. The lowest BCUT2D eigenvalue weighted by Crippen LogP contribution is -2.30. The maximum Gasteiger partial charge on any atom is 0.305 e. The Morgan fingerprint density at radius 2 is 2.50 bits per heavy atom. The summed E-state index contributed by atoms with van der Waals surface area (Å²) in [5.41, 5.74) is 0. The quantitative estimate of drug-likeness (QED) is 0.530. The van der Waals surface area contributed by atoms with E-state index >= 15 is 0 Å². The van der Waals surface area contributed by atoms with Gasteiger partial charge in [-0.25, -0.2) is 0 Å². The lowest BCUT2D eigenvalue weighted by Gasteiger charge is -2.19. The van der Waals surface area contributed by atoms with Crippen LogP contribution in [-0.4, -0.2) is 31.8 Å². The van der Waals surface area contributed by atoms with Crippen LogP contribution in [0, 0.1) is 0 Å². The summed E-state index contributed by atoms with van der Waals surface area (Å²) in [7, 11) is 0. The molecule has 4 heteroatoms. The number of esters is 1. The Balaban J connectivity index is 1.91. The van der Waals surface area contributed by atoms with Gasteiger partial charge in [0.05, 0.1) is 12.9 Å². The van der Waals surface area contributed by atoms with Crippen LogP contribution in [0.25, 0.3) is 0 Å². The van der Waals surface area contributed by atoms with E-state index in [0.29, 0.717) is 13.0 Å². The molecule has 1 aliphatic rings. The molecule has 1 rings (SSSR count). The predicted octanol–water partition coefficient (Wildman–Crippen LogP) is 1.61. The molecule has 1 atom stereocenters. The fraction of sp³-hybridized carbons (Fsp3) is 0.750. The topological polar surface area (TPSA) is 47.6 Å². The van der Waals surface area contributed by atoms with E-state index < -0.39 is 0 Å². The third-order valence-corrected chi connectivity index (χ3v) is 2.43. The zero-order valence-corrected chi connectivity index (χ0v) is 9.91. The van der Waals surface area contributed by atoms with Gasteiger partial charge in [-0.1, -0.05) is 0 Å². The van der Waals surface area contributed by atoms with Gasteiger partial charge in [0.1, 0.15) is 6.10 Å². The smallest absolute Gasteiger partial charge is 0.305 e. The summed E-state index contributed by atoms with van der Waals surface area (Å²) in [6.07, 6.45) is 7.57. The Hall–Kier alpha value is -1.03. The fourth-order valence-electron chi connectivity index (χ4n) is 1.59. The van der Waals surface area contributed by atoms with Gasteiger partial charge < -0.3 is 14.8 Å². The summed E-state index contributed by atoms with van der Waals surface area (Å²) in [6.45, 7) is 3.98. The number of hydrogen-bond donors (Lipinski definition) is 1. The van der Waals surface area contributed by atoms with Crippen molar-refractivity contribution in [2.75, 3.05) is 19.7 Å². The number of ether oxygens (including phenoxy) is 2. The molecular formula is C12H21NO3. The monoisotopic (exact) mass is 227 g/mol. The lowest BCUT2D eigenvalue weighted by atomic mass is 10.1. The molecule has 1 heterocycles. The Labute approximate surface area is 97.0 Å². The van der Waals surface area contributed by atoms with E-state index in [1.165, 1.54) is 0 Å². The number of nitrogens with one attached hydrogen (secondary N) is 1. The molecule has 0 aliphatic carbocycles. The van der Waals surface area contributed by atoms with Crippen LogP contribution in [0.15, 0.2) is 12.3 Å². The molecule has 1 unspecified atom stereocenters. The standard InChI is InChI=1S/C12H21NO3/c1-2-15-12(14)7-5-8-13-10-11-6-3-4-9-16-11/h4,9,11,13H,2-3,5-8,10H2,1H3. The van der Waals surface area contributed by atoms with Crippen LogP contribution in [0.3, 0.4) is 0 Å². The fourth-order valence-corrected chi connectivity index (χ4v) is 1.59. The minimum absolute atomic E-state index is 0.110. The molecule has 0 fully saturated rings. The summed E-state index contributed by atoms with van der Waals surface area (Å²) < 4.78 is 10.2. The van der Waals surface area contributed by atoms with Gasteiger partial charge >= 0.3 is 5.97 Å². The van der Waals surface area contributed by atoms with Gasteiger partial charge in [0.2, 0.25) is 0 Å². The van der Waals surface area contributed by atoms with Gasteiger partial charge in [-0.05, 0) is 38.8 Å². The first-order chi connectivity index (χ1) is 7.83. The molecule has 0 aromatic rings. The van der Waals surface area contributed by atoms with E-state index in [1.807, 2.05) is 13.0 Å². The zero-order chi connectivity index (χ0) is 11.6. The van der Waals surface area contributed by atoms with E-state index in [0.717, 1.165) is 32.4 Å². The summed E-state index contributed by atoms with van der Waals surface area (Å²) in [5, 5.41) is 3.29. The van der Waals surface area contributed by atoms with E-state index in [4.69, 9.17) is 9.47 Å². The lowest BCUT2D eigenvalue weighted by molar-refractivity contribution is -0.143. The van der Waals surface area contributed by atoms with Crippen molar-refractivity contribution in [3.8, 4) is 0 Å². The first-order valence-electron chi connectivity index (χ1n) is 5.99. The van der Waals surface area contributed by atoms with Crippen LogP contribution in [0.4, 0.5) is 0 Å². The van der Waals surface area contributed by atoms with E-state index in [9.17, 15) is 4.79 Å². The Morgan fingerprint density at radius 3 is 3.19 bits per heavy atom. The van der Waals surface area contributed by atoms with E-state index in [-0.39, 0.29) is 12.1 Å². The largest absolute Gasteiger partial charge is 0.497 e. The highest BCUT2D eigenvalue weighted by atomic mass is 16.5. The average Bonchev–Trinajstić information content (AvgIpc) is 2.30. The molecule has 0 saturated carbocycles. The van der Waals surface area contributed by atoms with Crippen molar-refractivity contribution in [2.24, 2.45) is 0 Å². The van der Waals surface area contributed by atoms with Gasteiger partial charge in [0.15, 0.2) is 0 Å². The van der Waals surface area contributed by atoms with Crippen molar-refractivity contribution in [3.05, 3.63) is 12.3 Å². The SMILES string of the molecule is CCOC(=O)CCCNCC1CCC=CO1. The van der Waals surface area contributed by atoms with E-state index in [2.05, 4.69) is 5.32 Å². The highest BCUT2D eigenvalue weighted by Crippen LogP contribution is 2.08. The predicted molar refractivity (Wildman–Crippen MR) is 62.0 cm³/mol. The molecule has 0 bridgehead atoms. The molecule has 1 aliphatic heterocycles. The Kier molecular flexibility index (Phi) is 6.65. The highest BCUT2D eigenvalue weighted by Gasteiger charge is 2.09. The van der Waals surface area contributed by atoms with Gasteiger partial charge in [-0.3, -0.25) is 4.79 Å². The maximum atomic E-state index is 11.0. The molecule has 0 spiro atoms. The minimum atomic E-state index is -0.110. The summed E-state index contributed by atoms with van der Waals surface area (Å²) in [4.78, 5) is 11.0. The van der Waals surface area contributed by atoms with Crippen molar-refractivity contribution in [2.45, 2.75) is 38.7 Å². The second kappa shape index (κ2) is 8.16. The molecule has 0 saturated heterocycles. The molecule has 0 aromatic heterocycles. The van der Waals surface area contributed by atoms with Gasteiger partial charge in [-0.2, -0.15) is 0 Å². The molecule has 92 valence electrons. The number of allylic oxidation sites excluding steroid dienone is 1. The molecule has 1 N–H and O–H groups in total. The Bertz CT molecular complexity index is 228. The number of carbonyl (C=O) groups is 1. The van der Waals surface area contributed by atoms with Gasteiger partial charge in [0.25, 0.3) is 0 Å². The normalized spacial score (nSPS) is 19.2. The Morgan fingerprint density at radius 1 is 1.62 bits per heavy atom. The van der Waals surface area contributed by atoms with Crippen molar-refractivity contribution in [1.82, 2.24) is 5.32 Å². The first kappa shape index (κ1) is 13.0. The second-order valence-electron chi connectivity index (χ2n) is 3.82. The molecule has 0 radical (unpaired) electrons. The third-order valence-electron chi connectivity index (χ3n) is 2.43. The summed E-state index contributed by atoms with van der Waals surface area (Å²) >= 11 is 0. The van der Waals surface area contributed by atoms with Crippen LogP contribution in [0.2, 0.25) is 0 Å². The zero-order valence-electron chi connectivity index (χ0n) is 9.91. The highest BCUT2D eigenvalue weighted by molar-refractivity contribution is 5.69. The molecule has 0 aromatic carbocycles. The van der Waals surface area contributed by atoms with Gasteiger partial charge in [-0.15, -0.1) is 0 Å². The first-order valence-corrected chi connectivity index (χ1v) is 5.99. The van der Waals surface area contributed by atoms with Crippen LogP contribution >= 0.6 is 0 Å². The number of rotatable bonds is 7. The van der Waals surface area contributed by atoms with Crippen molar-refractivity contribution in [1.29, 1.82) is 0 Å². The van der Waals surface area contributed by atoms with Crippen molar-refractivity contribution in [3.63, 3.8) is 0 Å². The maximum absolute atomic E-state index is 11.0. The molecule has 0 amide bonds. The van der Waals surface area contributed by atoms with Crippen molar-refractivity contribution < 1.29 is 14.3 Å². The van der Waals surface area contributed by atoms with Crippen LogP contribution < -0.4 is 5.32 Å². The molecular weight excluding hydrogens is 206 g/mol. The van der Waals surface area contributed by atoms with Crippen LogP contribution in [0.1, 0.15) is 32.6 Å². The van der Waals surface area contributed by atoms with Crippen molar-refractivity contribution >= 4 is 5.97 Å². The average molecular weight is 227 g/mol. The summed E-state index contributed by atoms with van der Waals surface area (Å²) in [5.74, 6) is -0.110. The van der Waals surface area contributed by atoms with E-state index in [1.54, 1.807) is 6.26 Å². The minimum Gasteiger partial charge on any atom is -0.497 e. The van der Waals surface area contributed by atoms with Gasteiger partial charge in [0, 0.05) is 13.0 Å². The summed E-state index contributed by atoms with van der Waals surface area (Å²) in [6, 6.07) is 0. The van der Waals surface area contributed by atoms with Crippen LogP contribution in [-0.2, 0) is 14.3 Å². The second-order valence-corrected chi connectivity index (χ2v) is 3.82. The third kappa shape index (κ3) is 5.75.